The zero-order valence-electron chi connectivity index (χ0n) is 15.1. The van der Waals surface area contributed by atoms with Gasteiger partial charge in [-0.25, -0.2) is 0 Å². The van der Waals surface area contributed by atoms with Crippen molar-refractivity contribution in [2.24, 2.45) is 0 Å². The summed E-state index contributed by atoms with van der Waals surface area (Å²) in [7, 11) is 0. The quantitative estimate of drug-likeness (QED) is 0.290. The molecule has 0 fully saturated rings. The zero-order valence-corrected chi connectivity index (χ0v) is 16.7. The first-order valence-electron chi connectivity index (χ1n) is 9.24. The van der Waals surface area contributed by atoms with Gasteiger partial charge in [-0.1, -0.05) is 106 Å². The molecule has 1 unspecified atom stereocenters. The molecule has 0 saturated carbocycles. The highest BCUT2D eigenvalue weighted by molar-refractivity contribution is 9.10. The minimum absolute atomic E-state index is 0.290. The van der Waals surface area contributed by atoms with E-state index in [9.17, 15) is 0 Å². The van der Waals surface area contributed by atoms with Gasteiger partial charge in [0.25, 0.3) is 0 Å². The topological polar surface area (TPSA) is 0 Å². The number of halogens is 1. The second kappa shape index (κ2) is 6.21. The van der Waals surface area contributed by atoms with Crippen LogP contribution in [0.4, 0.5) is 0 Å². The Labute approximate surface area is 168 Å². The number of benzene rings is 4. The summed E-state index contributed by atoms with van der Waals surface area (Å²) in [5.41, 5.74) is 8.94. The molecule has 0 aliphatic heterocycles. The van der Waals surface area contributed by atoms with E-state index in [-0.39, 0.29) is 5.41 Å². The van der Waals surface area contributed by atoms with Crippen LogP contribution in [0.2, 0.25) is 0 Å². The highest BCUT2D eigenvalue weighted by Crippen LogP contribution is 2.56. The molecule has 0 N–H and O–H groups in total. The number of aryl methyl sites for hydroxylation is 1. The molecule has 0 aromatic heterocycles. The Morgan fingerprint density at radius 1 is 0.593 bits per heavy atom. The zero-order chi connectivity index (χ0) is 18.4. The molecule has 5 rings (SSSR count). The summed E-state index contributed by atoms with van der Waals surface area (Å²) in [6.07, 6.45) is 0. The van der Waals surface area contributed by atoms with Crippen molar-refractivity contribution < 1.29 is 0 Å². The van der Waals surface area contributed by atoms with E-state index in [0.717, 1.165) is 4.47 Å². The smallest absolute Gasteiger partial charge is 0.0622 e. The van der Waals surface area contributed by atoms with Crippen molar-refractivity contribution in [3.05, 3.63) is 129 Å². The van der Waals surface area contributed by atoms with Crippen molar-refractivity contribution in [3.63, 3.8) is 0 Å². The van der Waals surface area contributed by atoms with E-state index in [1.165, 1.54) is 38.9 Å². The fourth-order valence-electron chi connectivity index (χ4n) is 4.54. The lowest BCUT2D eigenvalue weighted by Gasteiger charge is -2.34. The lowest BCUT2D eigenvalue weighted by molar-refractivity contribution is 0.768. The third-order valence-electron chi connectivity index (χ3n) is 5.70. The molecule has 1 aliphatic rings. The maximum absolute atomic E-state index is 3.68. The van der Waals surface area contributed by atoms with Crippen LogP contribution in [0.1, 0.15) is 27.8 Å². The molecule has 0 amide bonds. The second-order valence-electron chi connectivity index (χ2n) is 7.22. The van der Waals surface area contributed by atoms with E-state index in [4.69, 9.17) is 0 Å². The molecule has 0 radical (unpaired) electrons. The minimum atomic E-state index is -0.290. The summed E-state index contributed by atoms with van der Waals surface area (Å²) in [6, 6.07) is 35.5. The maximum atomic E-state index is 3.68. The summed E-state index contributed by atoms with van der Waals surface area (Å²) in [6.45, 7) is 2.15. The molecule has 4 aromatic rings. The molecule has 0 heterocycles. The molecule has 0 saturated heterocycles. The predicted molar refractivity (Wildman–Crippen MR) is 116 cm³/mol. The molecule has 4 aromatic carbocycles. The van der Waals surface area contributed by atoms with Gasteiger partial charge < -0.3 is 0 Å². The monoisotopic (exact) mass is 410 g/mol. The second-order valence-corrected chi connectivity index (χ2v) is 8.13. The Bertz CT molecular complexity index is 1130. The number of hydrogen-bond acceptors (Lipinski definition) is 0. The summed E-state index contributed by atoms with van der Waals surface area (Å²) in [4.78, 5) is 0. The van der Waals surface area contributed by atoms with E-state index in [0.29, 0.717) is 0 Å². The maximum Gasteiger partial charge on any atom is 0.0713 e. The summed E-state index contributed by atoms with van der Waals surface area (Å²) in [5, 5.41) is 0. The predicted octanol–water partition coefficient (Wildman–Crippen LogP) is 7.12. The molecule has 0 spiro atoms. The fraction of sp³-hybridized carbons (Fsp3) is 0.0769. The number of rotatable bonds is 2. The summed E-state index contributed by atoms with van der Waals surface area (Å²) in [5.74, 6) is 0. The van der Waals surface area contributed by atoms with Crippen LogP contribution in [0, 0.1) is 6.92 Å². The Morgan fingerprint density at radius 3 is 2.00 bits per heavy atom. The third kappa shape index (κ3) is 2.35. The van der Waals surface area contributed by atoms with E-state index in [1.807, 2.05) is 0 Å². The number of hydrogen-bond donors (Lipinski definition) is 0. The average Bonchev–Trinajstić information content (AvgIpc) is 3.00. The van der Waals surface area contributed by atoms with Crippen LogP contribution in [0.5, 0.6) is 0 Å². The fourth-order valence-corrected chi connectivity index (χ4v) is 4.90. The van der Waals surface area contributed by atoms with E-state index in [2.05, 4.69) is 120 Å². The molecule has 27 heavy (non-hydrogen) atoms. The molecule has 130 valence electrons. The first kappa shape index (κ1) is 16.5. The lowest BCUT2D eigenvalue weighted by Crippen LogP contribution is -2.28. The van der Waals surface area contributed by atoms with Gasteiger partial charge in [-0.2, -0.15) is 0 Å². The van der Waals surface area contributed by atoms with Gasteiger partial charge in [-0.15, -0.1) is 0 Å². The van der Waals surface area contributed by atoms with Gasteiger partial charge in [-0.05, 0) is 52.4 Å². The van der Waals surface area contributed by atoms with Gasteiger partial charge in [0.05, 0.1) is 5.41 Å². The van der Waals surface area contributed by atoms with Crippen LogP contribution in [0.15, 0.2) is 102 Å². The molecule has 1 atom stereocenters. The standard InChI is InChI=1S/C26H19Br/c1-18-11-13-20(14-12-18)26(19-7-3-2-4-8-19)24-10-6-5-9-22(24)23-17-21(27)15-16-25(23)26/h2-17H,1H3. The summed E-state index contributed by atoms with van der Waals surface area (Å²) >= 11 is 3.68. The van der Waals surface area contributed by atoms with Gasteiger partial charge in [0, 0.05) is 4.47 Å². The van der Waals surface area contributed by atoms with Gasteiger partial charge in [0.15, 0.2) is 0 Å². The normalized spacial score (nSPS) is 17.4. The van der Waals surface area contributed by atoms with Crippen LogP contribution in [-0.2, 0) is 5.41 Å². The third-order valence-corrected chi connectivity index (χ3v) is 6.19. The van der Waals surface area contributed by atoms with Gasteiger partial charge in [0.2, 0.25) is 0 Å². The lowest BCUT2D eigenvalue weighted by atomic mass is 9.67. The minimum Gasteiger partial charge on any atom is -0.0622 e. The van der Waals surface area contributed by atoms with Gasteiger partial charge >= 0.3 is 0 Å². The van der Waals surface area contributed by atoms with Crippen molar-refractivity contribution in [1.82, 2.24) is 0 Å². The van der Waals surface area contributed by atoms with Crippen molar-refractivity contribution in [2.45, 2.75) is 12.3 Å². The highest BCUT2D eigenvalue weighted by Gasteiger charge is 2.45. The largest absolute Gasteiger partial charge is 0.0713 e. The molecule has 1 aliphatic carbocycles. The molecule has 0 bridgehead atoms. The Morgan fingerprint density at radius 2 is 1.22 bits per heavy atom. The van der Waals surface area contributed by atoms with E-state index >= 15 is 0 Å². The highest BCUT2D eigenvalue weighted by atomic mass is 79.9. The Hall–Kier alpha value is -2.64. The van der Waals surface area contributed by atoms with Crippen molar-refractivity contribution in [3.8, 4) is 11.1 Å². The van der Waals surface area contributed by atoms with Crippen molar-refractivity contribution in [2.75, 3.05) is 0 Å². The van der Waals surface area contributed by atoms with Crippen LogP contribution in [0.25, 0.3) is 11.1 Å². The Balaban J connectivity index is 1.96. The van der Waals surface area contributed by atoms with Crippen molar-refractivity contribution >= 4 is 15.9 Å². The van der Waals surface area contributed by atoms with Crippen molar-refractivity contribution in [1.29, 1.82) is 0 Å². The average molecular weight is 411 g/mol. The van der Waals surface area contributed by atoms with Gasteiger partial charge in [-0.3, -0.25) is 0 Å². The van der Waals surface area contributed by atoms with Crippen LogP contribution < -0.4 is 0 Å². The van der Waals surface area contributed by atoms with E-state index in [1.54, 1.807) is 0 Å². The molecular weight excluding hydrogens is 392 g/mol. The molecule has 1 heteroatoms. The van der Waals surface area contributed by atoms with Crippen LogP contribution >= 0.6 is 15.9 Å². The number of fused-ring (bicyclic) bond motifs is 3. The Kier molecular flexibility index (Phi) is 3.80. The SMILES string of the molecule is Cc1ccc(C2(c3ccccc3)c3ccccc3-c3cc(Br)ccc32)cc1. The van der Waals surface area contributed by atoms with E-state index < -0.39 is 0 Å². The van der Waals surface area contributed by atoms with Gasteiger partial charge in [0.1, 0.15) is 0 Å². The molecule has 0 nitrogen and oxygen atoms in total. The van der Waals surface area contributed by atoms with Crippen LogP contribution in [-0.4, -0.2) is 0 Å². The first-order valence-corrected chi connectivity index (χ1v) is 10.0. The van der Waals surface area contributed by atoms with Crippen LogP contribution in [0.3, 0.4) is 0 Å². The molecular formula is C26H19Br. The summed E-state index contributed by atoms with van der Waals surface area (Å²) < 4.78 is 1.11. The first-order chi connectivity index (χ1) is 13.2.